The first kappa shape index (κ1) is 20.6. The monoisotopic (exact) mass is 433 g/mol. The zero-order valence-corrected chi connectivity index (χ0v) is 17.7. The van der Waals surface area contributed by atoms with Crippen LogP contribution in [0.3, 0.4) is 0 Å². The van der Waals surface area contributed by atoms with Crippen molar-refractivity contribution >= 4 is 45.9 Å². The van der Waals surface area contributed by atoms with Crippen LogP contribution in [0.4, 0.5) is 17.5 Å². The van der Waals surface area contributed by atoms with Crippen LogP contribution >= 0.6 is 11.6 Å². The molecule has 0 fully saturated rings. The van der Waals surface area contributed by atoms with Gasteiger partial charge in [-0.15, -0.1) is 0 Å². The minimum absolute atomic E-state index is 0.274. The van der Waals surface area contributed by atoms with Gasteiger partial charge in [0.2, 0.25) is 5.95 Å². The van der Waals surface area contributed by atoms with E-state index in [4.69, 9.17) is 16.3 Å². The van der Waals surface area contributed by atoms with Crippen LogP contribution < -0.4 is 15.0 Å². The molecular formula is C23H20ClN5O2. The number of halogens is 1. The number of pyridine rings is 1. The second-order valence-electron chi connectivity index (χ2n) is 6.89. The lowest BCUT2D eigenvalue weighted by molar-refractivity contribution is -0.122. The van der Waals surface area contributed by atoms with E-state index in [0.29, 0.717) is 22.5 Å². The summed E-state index contributed by atoms with van der Waals surface area (Å²) in [6.07, 6.45) is 2.69. The number of aromatic nitrogens is 3. The summed E-state index contributed by atoms with van der Waals surface area (Å²) in [6, 6.07) is 18.2. The van der Waals surface area contributed by atoms with Crippen LogP contribution in [0.5, 0.6) is 5.75 Å². The second kappa shape index (κ2) is 8.97. The van der Waals surface area contributed by atoms with Gasteiger partial charge in [0.15, 0.2) is 6.10 Å². The summed E-state index contributed by atoms with van der Waals surface area (Å²) in [5.41, 5.74) is 1.69. The van der Waals surface area contributed by atoms with Gasteiger partial charge in [0.1, 0.15) is 11.6 Å². The molecule has 0 spiro atoms. The number of nitrogens with one attached hydrogen (secondary N) is 1. The Labute approximate surface area is 184 Å². The van der Waals surface area contributed by atoms with Crippen LogP contribution in [0.25, 0.3) is 10.9 Å². The number of amides is 1. The van der Waals surface area contributed by atoms with Crippen LogP contribution in [0.15, 0.2) is 73.1 Å². The van der Waals surface area contributed by atoms with Crippen molar-refractivity contribution in [2.75, 3.05) is 17.3 Å². The molecule has 2 aromatic carbocycles. The van der Waals surface area contributed by atoms with E-state index in [9.17, 15) is 4.79 Å². The molecule has 31 heavy (non-hydrogen) atoms. The van der Waals surface area contributed by atoms with Crippen LogP contribution in [-0.4, -0.2) is 34.0 Å². The average molecular weight is 434 g/mol. The third-order valence-corrected chi connectivity index (χ3v) is 4.89. The molecule has 156 valence electrons. The van der Waals surface area contributed by atoms with Crippen LogP contribution in [0.2, 0.25) is 5.02 Å². The van der Waals surface area contributed by atoms with Gasteiger partial charge in [-0.3, -0.25) is 4.79 Å². The maximum absolute atomic E-state index is 12.3. The molecule has 1 N–H and O–H groups in total. The normalized spacial score (nSPS) is 11.7. The molecular weight excluding hydrogens is 414 g/mol. The standard InChI is InChI=1S/C23H20ClN5O2/c1-15(22(30)28-21-5-3-4-12-25-21)31-19-9-7-18(8-10-19)29(2)23-26-14-16-13-17(24)6-11-20(16)27-23/h3-15H,1-2H3,(H,25,28,30). The van der Waals surface area contributed by atoms with E-state index in [1.165, 1.54) is 0 Å². The van der Waals surface area contributed by atoms with Crippen LogP contribution in [0.1, 0.15) is 6.92 Å². The average Bonchev–Trinajstić information content (AvgIpc) is 2.79. The molecule has 4 rings (SSSR count). The van der Waals surface area contributed by atoms with Gasteiger partial charge in [-0.25, -0.2) is 15.0 Å². The summed E-state index contributed by atoms with van der Waals surface area (Å²) in [5.74, 6) is 1.35. The number of hydrogen-bond donors (Lipinski definition) is 1. The fraction of sp³-hybridized carbons (Fsp3) is 0.130. The second-order valence-corrected chi connectivity index (χ2v) is 7.33. The van der Waals surface area contributed by atoms with Crippen LogP contribution in [0, 0.1) is 0 Å². The third kappa shape index (κ3) is 4.90. The molecule has 0 aliphatic heterocycles. The predicted molar refractivity (Wildman–Crippen MR) is 122 cm³/mol. The molecule has 0 saturated heterocycles. The molecule has 1 atom stereocenters. The molecule has 2 heterocycles. The molecule has 2 aromatic heterocycles. The Morgan fingerprint density at radius 1 is 1.10 bits per heavy atom. The fourth-order valence-corrected chi connectivity index (χ4v) is 3.12. The van der Waals surface area contributed by atoms with Crippen molar-refractivity contribution in [2.24, 2.45) is 0 Å². The van der Waals surface area contributed by atoms with E-state index in [0.717, 1.165) is 16.6 Å². The van der Waals surface area contributed by atoms with Crippen molar-refractivity contribution in [1.82, 2.24) is 15.0 Å². The number of nitrogens with zero attached hydrogens (tertiary/aromatic N) is 4. The first-order valence-corrected chi connectivity index (χ1v) is 10.0. The molecule has 0 saturated carbocycles. The topological polar surface area (TPSA) is 80.2 Å². The van der Waals surface area contributed by atoms with E-state index in [2.05, 4.69) is 20.3 Å². The van der Waals surface area contributed by atoms with Crippen molar-refractivity contribution in [2.45, 2.75) is 13.0 Å². The number of anilines is 3. The Morgan fingerprint density at radius 3 is 2.65 bits per heavy atom. The largest absolute Gasteiger partial charge is 0.481 e. The quantitative estimate of drug-likeness (QED) is 0.468. The Kier molecular flexibility index (Phi) is 5.95. The number of carbonyl (C=O) groups excluding carboxylic acids is 1. The van der Waals surface area contributed by atoms with E-state index in [1.54, 1.807) is 55.7 Å². The molecule has 1 amide bonds. The summed E-state index contributed by atoms with van der Waals surface area (Å²) >= 11 is 6.02. The molecule has 0 aliphatic carbocycles. The third-order valence-electron chi connectivity index (χ3n) is 4.65. The van der Waals surface area contributed by atoms with E-state index >= 15 is 0 Å². The lowest BCUT2D eigenvalue weighted by Crippen LogP contribution is -2.30. The summed E-state index contributed by atoms with van der Waals surface area (Å²) < 4.78 is 5.76. The van der Waals surface area contributed by atoms with Crippen molar-refractivity contribution < 1.29 is 9.53 Å². The zero-order valence-electron chi connectivity index (χ0n) is 17.0. The first-order chi connectivity index (χ1) is 15.0. The van der Waals surface area contributed by atoms with Gasteiger partial charge in [0.25, 0.3) is 5.91 Å². The highest BCUT2D eigenvalue weighted by molar-refractivity contribution is 6.31. The molecule has 4 aromatic rings. The Bertz CT molecular complexity index is 1200. The molecule has 0 aliphatic rings. The smallest absolute Gasteiger partial charge is 0.266 e. The predicted octanol–water partition coefficient (Wildman–Crippen LogP) is 4.85. The Balaban J connectivity index is 1.42. The number of ether oxygens (including phenoxy) is 1. The number of hydrogen-bond acceptors (Lipinski definition) is 6. The molecule has 0 bridgehead atoms. The van der Waals surface area contributed by atoms with Crippen molar-refractivity contribution in [3.63, 3.8) is 0 Å². The van der Waals surface area contributed by atoms with Gasteiger partial charge < -0.3 is 15.0 Å². The van der Waals surface area contributed by atoms with E-state index < -0.39 is 6.10 Å². The summed E-state index contributed by atoms with van der Waals surface area (Å²) in [7, 11) is 1.88. The number of benzene rings is 2. The first-order valence-electron chi connectivity index (χ1n) is 9.64. The van der Waals surface area contributed by atoms with E-state index in [1.807, 2.05) is 36.2 Å². The van der Waals surface area contributed by atoms with Gasteiger partial charge in [-0.05, 0) is 61.5 Å². The maximum Gasteiger partial charge on any atom is 0.266 e. The highest BCUT2D eigenvalue weighted by Crippen LogP contribution is 2.25. The van der Waals surface area contributed by atoms with Crippen molar-refractivity contribution in [3.05, 3.63) is 78.1 Å². The SMILES string of the molecule is CC(Oc1ccc(N(C)c2ncc3cc(Cl)ccc3n2)cc1)C(=O)Nc1ccccn1. The van der Waals surface area contributed by atoms with Gasteiger partial charge in [0, 0.05) is 35.5 Å². The minimum atomic E-state index is -0.679. The van der Waals surface area contributed by atoms with E-state index in [-0.39, 0.29) is 5.91 Å². The fourth-order valence-electron chi connectivity index (χ4n) is 2.94. The Morgan fingerprint density at radius 2 is 1.90 bits per heavy atom. The Hall–Kier alpha value is -3.71. The molecule has 8 heteroatoms. The number of rotatable bonds is 6. The zero-order chi connectivity index (χ0) is 21.8. The van der Waals surface area contributed by atoms with Crippen LogP contribution in [-0.2, 0) is 4.79 Å². The molecule has 1 unspecified atom stereocenters. The van der Waals surface area contributed by atoms with Crippen molar-refractivity contribution in [3.8, 4) is 5.75 Å². The van der Waals surface area contributed by atoms with Gasteiger partial charge in [-0.1, -0.05) is 17.7 Å². The number of fused-ring (bicyclic) bond motifs is 1. The number of carbonyl (C=O) groups is 1. The van der Waals surface area contributed by atoms with Gasteiger partial charge >= 0.3 is 0 Å². The highest BCUT2D eigenvalue weighted by atomic mass is 35.5. The molecule has 7 nitrogen and oxygen atoms in total. The van der Waals surface area contributed by atoms with Crippen molar-refractivity contribution in [1.29, 1.82) is 0 Å². The summed E-state index contributed by atoms with van der Waals surface area (Å²) in [4.78, 5) is 27.3. The lowest BCUT2D eigenvalue weighted by Gasteiger charge is -2.19. The minimum Gasteiger partial charge on any atom is -0.481 e. The highest BCUT2D eigenvalue weighted by Gasteiger charge is 2.16. The maximum atomic E-state index is 12.3. The van der Waals surface area contributed by atoms with Gasteiger partial charge in [0.05, 0.1) is 5.52 Å². The summed E-state index contributed by atoms with van der Waals surface area (Å²) in [5, 5.41) is 4.25. The van der Waals surface area contributed by atoms with Gasteiger partial charge in [-0.2, -0.15) is 0 Å². The summed E-state index contributed by atoms with van der Waals surface area (Å²) in [6.45, 7) is 1.69. The lowest BCUT2D eigenvalue weighted by atomic mass is 10.2. The molecule has 0 radical (unpaired) electrons.